The number of aliphatic carboxylic acids is 1. The van der Waals surface area contributed by atoms with Gasteiger partial charge in [-0.1, -0.05) is 0 Å². The van der Waals surface area contributed by atoms with Gasteiger partial charge in [0, 0.05) is 5.75 Å². The standard InChI is InChI=1S/C11H17N3O4S/c12-3-8(15)13-4-9(16)14-7(11(17)18)5-19-10(14)6-1-2-6/h6-7,10H,1-5,12H2,(H,13,15)(H,17,18). The van der Waals surface area contributed by atoms with Gasteiger partial charge in [-0.05, 0) is 18.8 Å². The first-order valence-corrected chi connectivity index (χ1v) is 7.21. The first-order chi connectivity index (χ1) is 9.04. The number of carbonyl (C=O) groups excluding carboxylic acids is 2. The summed E-state index contributed by atoms with van der Waals surface area (Å²) in [6.45, 7) is -0.375. The number of nitrogens with one attached hydrogen (secondary N) is 1. The van der Waals surface area contributed by atoms with Crippen LogP contribution in [0.15, 0.2) is 0 Å². The smallest absolute Gasteiger partial charge is 0.327 e. The lowest BCUT2D eigenvalue weighted by Crippen LogP contribution is -2.50. The van der Waals surface area contributed by atoms with Crippen LogP contribution in [0, 0.1) is 5.92 Å². The van der Waals surface area contributed by atoms with Gasteiger partial charge in [-0.2, -0.15) is 0 Å². The highest BCUT2D eigenvalue weighted by atomic mass is 32.2. The summed E-state index contributed by atoms with van der Waals surface area (Å²) in [5.41, 5.74) is 5.14. The molecule has 1 aliphatic heterocycles. The van der Waals surface area contributed by atoms with Crippen molar-refractivity contribution >= 4 is 29.5 Å². The Morgan fingerprint density at radius 1 is 1.37 bits per heavy atom. The molecule has 1 saturated heterocycles. The lowest BCUT2D eigenvalue weighted by Gasteiger charge is -2.27. The van der Waals surface area contributed by atoms with Crippen LogP contribution in [0.3, 0.4) is 0 Å². The van der Waals surface area contributed by atoms with Crippen molar-refractivity contribution in [1.82, 2.24) is 10.2 Å². The summed E-state index contributed by atoms with van der Waals surface area (Å²) in [6.07, 6.45) is 2.06. The molecule has 19 heavy (non-hydrogen) atoms. The van der Waals surface area contributed by atoms with Crippen LogP contribution in [0.1, 0.15) is 12.8 Å². The van der Waals surface area contributed by atoms with E-state index in [1.54, 1.807) is 0 Å². The van der Waals surface area contributed by atoms with Crippen molar-refractivity contribution in [2.75, 3.05) is 18.8 Å². The van der Waals surface area contributed by atoms with Crippen LogP contribution in [-0.4, -0.2) is 58.0 Å². The van der Waals surface area contributed by atoms with Crippen LogP contribution in [0.2, 0.25) is 0 Å². The van der Waals surface area contributed by atoms with Crippen LogP contribution in [0.5, 0.6) is 0 Å². The lowest BCUT2D eigenvalue weighted by molar-refractivity contribution is -0.149. The number of amides is 2. The minimum absolute atomic E-state index is 0.0663. The third-order valence-electron chi connectivity index (χ3n) is 3.26. The van der Waals surface area contributed by atoms with Crippen LogP contribution >= 0.6 is 11.8 Å². The summed E-state index contributed by atoms with van der Waals surface area (Å²) in [6, 6.07) is -0.794. The van der Waals surface area contributed by atoms with Crippen molar-refractivity contribution < 1.29 is 19.5 Å². The van der Waals surface area contributed by atoms with Gasteiger partial charge in [-0.15, -0.1) is 11.8 Å². The van der Waals surface area contributed by atoms with E-state index < -0.39 is 17.9 Å². The Balaban J connectivity index is 2.01. The predicted octanol–water partition coefficient (Wildman–Crippen LogP) is -1.17. The quantitative estimate of drug-likeness (QED) is 0.587. The number of carboxylic acids is 1. The molecule has 0 radical (unpaired) electrons. The highest BCUT2D eigenvalue weighted by Crippen LogP contribution is 2.45. The summed E-state index contributed by atoms with van der Waals surface area (Å²) >= 11 is 1.51. The number of carboxylic acid groups (broad SMARTS) is 1. The van der Waals surface area contributed by atoms with E-state index in [2.05, 4.69) is 5.32 Å². The van der Waals surface area contributed by atoms with Gasteiger partial charge in [0.1, 0.15) is 6.04 Å². The fourth-order valence-electron chi connectivity index (χ4n) is 2.12. The topological polar surface area (TPSA) is 113 Å². The Labute approximate surface area is 114 Å². The number of carbonyl (C=O) groups is 3. The Morgan fingerprint density at radius 3 is 2.58 bits per heavy atom. The van der Waals surface area contributed by atoms with E-state index in [1.165, 1.54) is 16.7 Å². The molecule has 4 N–H and O–H groups in total. The van der Waals surface area contributed by atoms with Crippen LogP contribution in [-0.2, 0) is 14.4 Å². The van der Waals surface area contributed by atoms with Crippen molar-refractivity contribution in [3.8, 4) is 0 Å². The largest absolute Gasteiger partial charge is 0.480 e. The lowest BCUT2D eigenvalue weighted by atomic mass is 10.2. The van der Waals surface area contributed by atoms with E-state index in [0.717, 1.165) is 12.8 Å². The Morgan fingerprint density at radius 2 is 2.05 bits per heavy atom. The predicted molar refractivity (Wildman–Crippen MR) is 69.3 cm³/mol. The molecule has 0 aromatic carbocycles. The normalized spacial score (nSPS) is 26.3. The second-order valence-electron chi connectivity index (χ2n) is 4.70. The first-order valence-electron chi connectivity index (χ1n) is 6.17. The number of thioether (sulfide) groups is 1. The number of hydrogen-bond donors (Lipinski definition) is 3. The van der Waals surface area contributed by atoms with Crippen molar-refractivity contribution in [2.45, 2.75) is 24.3 Å². The number of rotatable bonds is 5. The van der Waals surface area contributed by atoms with E-state index >= 15 is 0 Å². The second-order valence-corrected chi connectivity index (χ2v) is 5.85. The molecule has 7 nitrogen and oxygen atoms in total. The molecule has 0 bridgehead atoms. The van der Waals surface area contributed by atoms with Crippen LogP contribution in [0.25, 0.3) is 0 Å². The fraction of sp³-hybridized carbons (Fsp3) is 0.727. The molecule has 1 saturated carbocycles. The molecule has 2 aliphatic rings. The molecular weight excluding hydrogens is 270 g/mol. The zero-order chi connectivity index (χ0) is 14.0. The van der Waals surface area contributed by atoms with Gasteiger partial charge in [0.05, 0.1) is 18.5 Å². The zero-order valence-corrected chi connectivity index (χ0v) is 11.2. The van der Waals surface area contributed by atoms with Gasteiger partial charge in [-0.3, -0.25) is 9.59 Å². The minimum Gasteiger partial charge on any atom is -0.480 e. The molecule has 2 unspecified atom stereocenters. The van der Waals surface area contributed by atoms with E-state index in [0.29, 0.717) is 11.7 Å². The highest BCUT2D eigenvalue weighted by Gasteiger charge is 2.47. The summed E-state index contributed by atoms with van der Waals surface area (Å²) in [4.78, 5) is 35.8. The molecule has 2 atom stereocenters. The highest BCUT2D eigenvalue weighted by molar-refractivity contribution is 8.00. The maximum Gasteiger partial charge on any atom is 0.327 e. The van der Waals surface area contributed by atoms with Crippen molar-refractivity contribution in [1.29, 1.82) is 0 Å². The molecule has 106 valence electrons. The van der Waals surface area contributed by atoms with E-state index in [4.69, 9.17) is 10.8 Å². The monoisotopic (exact) mass is 287 g/mol. The molecular formula is C11H17N3O4S. The van der Waals surface area contributed by atoms with Gasteiger partial charge in [0.15, 0.2) is 0 Å². The van der Waals surface area contributed by atoms with E-state index in [9.17, 15) is 14.4 Å². The number of nitrogens with two attached hydrogens (primary N) is 1. The maximum absolute atomic E-state index is 12.1. The van der Waals surface area contributed by atoms with Crippen molar-refractivity contribution in [3.63, 3.8) is 0 Å². The molecule has 2 amide bonds. The van der Waals surface area contributed by atoms with Crippen LogP contribution < -0.4 is 11.1 Å². The minimum atomic E-state index is -0.992. The maximum atomic E-state index is 12.1. The SMILES string of the molecule is NCC(=O)NCC(=O)N1C(C(=O)O)CSC1C1CC1. The third kappa shape index (κ3) is 3.19. The van der Waals surface area contributed by atoms with Gasteiger partial charge < -0.3 is 21.1 Å². The molecule has 0 spiro atoms. The van der Waals surface area contributed by atoms with Gasteiger partial charge >= 0.3 is 5.97 Å². The van der Waals surface area contributed by atoms with Gasteiger partial charge in [-0.25, -0.2) is 4.79 Å². The molecule has 2 fully saturated rings. The average molecular weight is 287 g/mol. The summed E-state index contributed by atoms with van der Waals surface area (Å²) in [5, 5.41) is 11.5. The molecule has 1 heterocycles. The molecule has 0 aromatic heterocycles. The number of nitrogens with zero attached hydrogens (tertiary/aromatic N) is 1. The number of hydrogen-bond acceptors (Lipinski definition) is 5. The van der Waals surface area contributed by atoms with Crippen LogP contribution in [0.4, 0.5) is 0 Å². The first kappa shape index (κ1) is 14.1. The fourth-order valence-corrected chi connectivity index (χ4v) is 3.77. The average Bonchev–Trinajstić information content (AvgIpc) is 3.13. The second kappa shape index (κ2) is 5.79. The van der Waals surface area contributed by atoms with Gasteiger partial charge in [0.25, 0.3) is 0 Å². The van der Waals surface area contributed by atoms with Crippen molar-refractivity contribution in [2.24, 2.45) is 11.7 Å². The summed E-state index contributed by atoms with van der Waals surface area (Å²) < 4.78 is 0. The summed E-state index contributed by atoms with van der Waals surface area (Å²) in [5.74, 6) is -0.962. The van der Waals surface area contributed by atoms with E-state index in [1.807, 2.05) is 0 Å². The third-order valence-corrected chi connectivity index (χ3v) is 4.72. The Hall–Kier alpha value is -1.28. The Bertz CT molecular complexity index is 399. The van der Waals surface area contributed by atoms with Crippen molar-refractivity contribution in [3.05, 3.63) is 0 Å². The molecule has 2 rings (SSSR count). The summed E-state index contributed by atoms with van der Waals surface area (Å²) in [7, 11) is 0. The molecule has 8 heteroatoms. The van der Waals surface area contributed by atoms with E-state index in [-0.39, 0.29) is 24.4 Å². The van der Waals surface area contributed by atoms with Gasteiger partial charge in [0.2, 0.25) is 11.8 Å². The molecule has 1 aliphatic carbocycles. The molecule has 0 aromatic rings. The Kier molecular flexibility index (Phi) is 4.31. The zero-order valence-electron chi connectivity index (χ0n) is 10.4.